The van der Waals surface area contributed by atoms with Crippen molar-refractivity contribution < 1.29 is 9.53 Å². The highest BCUT2D eigenvalue weighted by Crippen LogP contribution is 2.33. The van der Waals surface area contributed by atoms with E-state index in [2.05, 4.69) is 19.6 Å². The van der Waals surface area contributed by atoms with Gasteiger partial charge in [-0.05, 0) is 74.4 Å². The van der Waals surface area contributed by atoms with Crippen molar-refractivity contribution in [3.8, 4) is 11.4 Å². The number of fused-ring (bicyclic) bond motifs is 1. The van der Waals surface area contributed by atoms with Crippen molar-refractivity contribution in [3.05, 3.63) is 51.8 Å². The first-order valence-corrected chi connectivity index (χ1v) is 11.8. The molecule has 0 unspecified atom stereocenters. The van der Waals surface area contributed by atoms with E-state index in [1.165, 1.54) is 16.8 Å². The molecule has 4 heterocycles. The van der Waals surface area contributed by atoms with Crippen LogP contribution >= 0.6 is 23.4 Å². The number of carbonyl (C=O) groups is 1. The van der Waals surface area contributed by atoms with Crippen LogP contribution in [0.5, 0.6) is 5.75 Å². The minimum Gasteiger partial charge on any atom is -0.495 e. The molecule has 0 aliphatic carbocycles. The predicted molar refractivity (Wildman–Crippen MR) is 133 cm³/mol. The molecular formula is C23H23ClN6O2S. The van der Waals surface area contributed by atoms with Crippen LogP contribution in [0.15, 0.2) is 39.9 Å². The van der Waals surface area contributed by atoms with E-state index in [1.54, 1.807) is 13.2 Å². The summed E-state index contributed by atoms with van der Waals surface area (Å²) in [6.45, 7) is 5.84. The largest absolute Gasteiger partial charge is 0.495 e. The summed E-state index contributed by atoms with van der Waals surface area (Å²) in [4.78, 5) is 19.2. The number of amides is 1. The number of aliphatic imine (C=N–C) groups is 1. The second kappa shape index (κ2) is 8.39. The molecule has 10 heteroatoms. The van der Waals surface area contributed by atoms with E-state index in [-0.39, 0.29) is 11.4 Å². The molecule has 1 saturated heterocycles. The fourth-order valence-electron chi connectivity index (χ4n) is 4.30. The standard InChI is InChI=1S/C23H23ClN6O2S/c1-13-10-15(14(2)29(13)16-6-7-19(32-3)18(24)12-16)11-17-20(25)30-22(26-21(17)31)33-23(27-30)28-8-4-5-9-28/h6-7,10-12,25H,4-5,8-9H2,1-3H3/b17-11+,25-20?. The van der Waals surface area contributed by atoms with Gasteiger partial charge in [-0.1, -0.05) is 11.6 Å². The van der Waals surface area contributed by atoms with E-state index < -0.39 is 5.91 Å². The second-order valence-corrected chi connectivity index (χ2v) is 9.42. The lowest BCUT2D eigenvalue weighted by atomic mass is 10.1. The number of carbonyl (C=O) groups excluding carboxylic acids is 1. The number of thioether (sulfide) groups is 1. The number of benzene rings is 1. The number of nitrogens with zero attached hydrogens (tertiary/aromatic N) is 5. The number of hydrogen-bond acceptors (Lipinski definition) is 6. The fourth-order valence-corrected chi connectivity index (χ4v) is 5.50. The van der Waals surface area contributed by atoms with Gasteiger partial charge in [-0.3, -0.25) is 10.2 Å². The summed E-state index contributed by atoms with van der Waals surface area (Å²) in [6, 6.07) is 7.59. The van der Waals surface area contributed by atoms with Crippen LogP contribution in [0.1, 0.15) is 29.8 Å². The first kappa shape index (κ1) is 21.8. The number of ether oxygens (including phenoxy) is 1. The van der Waals surface area contributed by atoms with Crippen molar-refractivity contribution in [3.63, 3.8) is 0 Å². The van der Waals surface area contributed by atoms with Crippen LogP contribution in [0.2, 0.25) is 5.02 Å². The highest BCUT2D eigenvalue weighted by atomic mass is 35.5. The summed E-state index contributed by atoms with van der Waals surface area (Å²) in [5, 5.41) is 16.5. The zero-order chi connectivity index (χ0) is 23.3. The van der Waals surface area contributed by atoms with Crippen LogP contribution in [-0.2, 0) is 4.79 Å². The van der Waals surface area contributed by atoms with Crippen LogP contribution in [-0.4, -0.2) is 56.8 Å². The number of likely N-dealkylation sites (tertiary alicyclic amines) is 1. The summed E-state index contributed by atoms with van der Waals surface area (Å²) < 4.78 is 7.31. The molecule has 170 valence electrons. The average molecular weight is 483 g/mol. The average Bonchev–Trinajstić information content (AvgIpc) is 3.51. The van der Waals surface area contributed by atoms with Gasteiger partial charge in [0.05, 0.1) is 17.7 Å². The molecule has 5 rings (SSSR count). The summed E-state index contributed by atoms with van der Waals surface area (Å²) in [6.07, 6.45) is 3.98. The Balaban J connectivity index is 1.49. The molecule has 1 amide bonds. The number of aryl methyl sites for hydroxylation is 1. The lowest BCUT2D eigenvalue weighted by Crippen LogP contribution is -2.35. The minimum atomic E-state index is -0.422. The van der Waals surface area contributed by atoms with Gasteiger partial charge in [-0.25, -0.2) is 0 Å². The summed E-state index contributed by atoms with van der Waals surface area (Å²) >= 11 is 7.69. The van der Waals surface area contributed by atoms with Crippen molar-refractivity contribution in [1.29, 1.82) is 5.41 Å². The van der Waals surface area contributed by atoms with E-state index in [4.69, 9.17) is 21.7 Å². The number of aromatic nitrogens is 1. The Kier molecular flexibility index (Phi) is 5.54. The first-order chi connectivity index (χ1) is 15.9. The van der Waals surface area contributed by atoms with Gasteiger partial charge in [0.2, 0.25) is 5.17 Å². The number of halogens is 1. The normalized spacial score (nSPS) is 19.3. The Morgan fingerprint density at radius 1 is 1.18 bits per heavy atom. The molecular weight excluding hydrogens is 460 g/mol. The molecule has 8 nitrogen and oxygen atoms in total. The van der Waals surface area contributed by atoms with Crippen molar-refractivity contribution in [2.75, 3.05) is 20.2 Å². The van der Waals surface area contributed by atoms with Gasteiger partial charge >= 0.3 is 0 Å². The minimum absolute atomic E-state index is 0.0454. The Morgan fingerprint density at radius 2 is 1.94 bits per heavy atom. The molecule has 0 atom stereocenters. The van der Waals surface area contributed by atoms with E-state index in [9.17, 15) is 4.79 Å². The SMILES string of the molecule is COc1ccc(-n2c(C)cc(/C=C3\C(=N)N4N=C(N5CCCC5)SC4=NC3=O)c2C)cc1Cl. The molecule has 1 N–H and O–H groups in total. The summed E-state index contributed by atoms with van der Waals surface area (Å²) in [7, 11) is 1.58. The van der Waals surface area contributed by atoms with Gasteiger partial charge in [-0.2, -0.15) is 10.0 Å². The molecule has 1 fully saturated rings. The third-order valence-electron chi connectivity index (χ3n) is 5.98. The summed E-state index contributed by atoms with van der Waals surface area (Å²) in [5.74, 6) is 0.232. The molecule has 33 heavy (non-hydrogen) atoms. The molecule has 1 aromatic heterocycles. The molecule has 1 aromatic carbocycles. The maximum atomic E-state index is 12.8. The van der Waals surface area contributed by atoms with Crippen LogP contribution in [0, 0.1) is 19.3 Å². The third-order valence-corrected chi connectivity index (χ3v) is 7.25. The number of rotatable bonds is 3. The van der Waals surface area contributed by atoms with Crippen LogP contribution in [0.3, 0.4) is 0 Å². The number of nitrogens with one attached hydrogen (secondary N) is 1. The van der Waals surface area contributed by atoms with E-state index >= 15 is 0 Å². The van der Waals surface area contributed by atoms with E-state index in [0.717, 1.165) is 53.7 Å². The molecule has 0 spiro atoms. The lowest BCUT2D eigenvalue weighted by molar-refractivity contribution is -0.114. The summed E-state index contributed by atoms with van der Waals surface area (Å²) in [5.41, 5.74) is 3.85. The van der Waals surface area contributed by atoms with Crippen molar-refractivity contribution in [2.24, 2.45) is 10.1 Å². The zero-order valence-corrected chi connectivity index (χ0v) is 20.1. The monoisotopic (exact) mass is 482 g/mol. The smallest absolute Gasteiger partial charge is 0.283 e. The highest BCUT2D eigenvalue weighted by molar-refractivity contribution is 8.26. The van der Waals surface area contributed by atoms with Crippen LogP contribution < -0.4 is 4.74 Å². The zero-order valence-electron chi connectivity index (χ0n) is 18.6. The fraction of sp³-hybridized carbons (Fsp3) is 0.304. The Morgan fingerprint density at radius 3 is 2.64 bits per heavy atom. The Bertz CT molecular complexity index is 1270. The third kappa shape index (κ3) is 3.75. The predicted octanol–water partition coefficient (Wildman–Crippen LogP) is 4.43. The van der Waals surface area contributed by atoms with Gasteiger partial charge < -0.3 is 14.2 Å². The molecule has 0 saturated carbocycles. The molecule has 3 aliphatic rings. The van der Waals surface area contributed by atoms with Crippen LogP contribution in [0.25, 0.3) is 11.8 Å². The number of hydrogen-bond donors (Lipinski definition) is 1. The van der Waals surface area contributed by atoms with Crippen LogP contribution in [0.4, 0.5) is 0 Å². The maximum Gasteiger partial charge on any atom is 0.283 e. The number of hydrazone groups is 1. The molecule has 3 aliphatic heterocycles. The van der Waals surface area contributed by atoms with E-state index in [0.29, 0.717) is 15.9 Å². The lowest BCUT2D eigenvalue weighted by Gasteiger charge is -2.20. The number of amidine groups is 3. The molecule has 2 aromatic rings. The van der Waals surface area contributed by atoms with Crippen molar-refractivity contribution in [1.82, 2.24) is 14.5 Å². The Hall–Kier alpha value is -3.04. The van der Waals surface area contributed by atoms with Gasteiger partial charge in [0.1, 0.15) is 5.75 Å². The maximum absolute atomic E-state index is 12.8. The Labute approximate surface area is 201 Å². The topological polar surface area (TPSA) is 86.3 Å². The van der Waals surface area contributed by atoms with Crippen molar-refractivity contribution in [2.45, 2.75) is 26.7 Å². The number of methoxy groups -OCH3 is 1. The highest BCUT2D eigenvalue weighted by Gasteiger charge is 2.37. The molecule has 0 radical (unpaired) electrons. The van der Waals surface area contributed by atoms with Gasteiger partial charge in [0.15, 0.2) is 11.0 Å². The second-order valence-electron chi connectivity index (χ2n) is 8.08. The van der Waals surface area contributed by atoms with Gasteiger partial charge in [-0.15, -0.1) is 5.10 Å². The molecule has 0 bridgehead atoms. The quantitative estimate of drug-likeness (QED) is 0.654. The van der Waals surface area contributed by atoms with E-state index in [1.807, 2.05) is 38.1 Å². The first-order valence-electron chi connectivity index (χ1n) is 10.7. The van der Waals surface area contributed by atoms with Gasteiger partial charge in [0.25, 0.3) is 5.91 Å². The van der Waals surface area contributed by atoms with Crippen molar-refractivity contribution >= 4 is 51.5 Å². The van der Waals surface area contributed by atoms with Gasteiger partial charge in [0, 0.05) is 30.2 Å².